The second-order valence-electron chi connectivity index (χ2n) is 5.36. The van der Waals surface area contributed by atoms with Gasteiger partial charge in [0.05, 0.1) is 15.6 Å². The minimum Gasteiger partial charge on any atom is -0.368 e. The number of para-hydroxylation sites is 1. The number of hydrogen-bond acceptors (Lipinski definition) is 2. The van der Waals surface area contributed by atoms with Crippen molar-refractivity contribution in [1.82, 2.24) is 4.90 Å². The first-order chi connectivity index (χ1) is 11.1. The van der Waals surface area contributed by atoms with Crippen LogP contribution in [0.25, 0.3) is 0 Å². The van der Waals surface area contributed by atoms with E-state index in [0.717, 1.165) is 24.8 Å². The molecule has 0 N–H and O–H groups in total. The Balaban J connectivity index is 1.70. The predicted molar refractivity (Wildman–Crippen MR) is 91.0 cm³/mol. The maximum Gasteiger partial charge on any atom is 0.255 e. The summed E-state index contributed by atoms with van der Waals surface area (Å²) in [5, 5.41) is 0.0901. The van der Waals surface area contributed by atoms with Crippen molar-refractivity contribution in [2.75, 3.05) is 31.1 Å². The molecule has 23 heavy (non-hydrogen) atoms. The van der Waals surface area contributed by atoms with Gasteiger partial charge in [0, 0.05) is 31.9 Å². The Hall–Kier alpha value is -1.78. The molecule has 0 spiro atoms. The number of benzene rings is 2. The zero-order valence-electron chi connectivity index (χ0n) is 12.3. The van der Waals surface area contributed by atoms with Crippen LogP contribution in [0, 0.1) is 5.82 Å². The highest BCUT2D eigenvalue weighted by atomic mass is 35.5. The van der Waals surface area contributed by atoms with Crippen molar-refractivity contribution in [3.05, 3.63) is 63.9 Å². The molecule has 1 aliphatic rings. The summed E-state index contributed by atoms with van der Waals surface area (Å²) in [7, 11) is 0. The van der Waals surface area contributed by atoms with Crippen LogP contribution in [-0.2, 0) is 0 Å². The molecule has 0 saturated carbocycles. The van der Waals surface area contributed by atoms with Gasteiger partial charge in [-0.3, -0.25) is 4.79 Å². The van der Waals surface area contributed by atoms with Crippen molar-refractivity contribution in [2.45, 2.75) is 0 Å². The lowest BCUT2D eigenvalue weighted by molar-refractivity contribution is 0.0746. The van der Waals surface area contributed by atoms with Gasteiger partial charge in [0.15, 0.2) is 0 Å². The lowest BCUT2D eigenvalue weighted by Gasteiger charge is -2.36. The standard InChI is InChI=1S/C17H15Cl2FN2O/c18-14-11-15(19)16(20)10-13(14)17(23)22-8-6-21(7-9-22)12-4-2-1-3-5-12/h1-5,10-11H,6-9H2. The van der Waals surface area contributed by atoms with Crippen molar-refractivity contribution in [1.29, 1.82) is 0 Å². The fourth-order valence-electron chi connectivity index (χ4n) is 2.66. The molecule has 120 valence electrons. The van der Waals surface area contributed by atoms with E-state index in [0.29, 0.717) is 13.1 Å². The summed E-state index contributed by atoms with van der Waals surface area (Å²) in [6, 6.07) is 12.4. The molecule has 0 atom stereocenters. The number of halogens is 3. The van der Waals surface area contributed by atoms with Crippen molar-refractivity contribution in [3.8, 4) is 0 Å². The van der Waals surface area contributed by atoms with Crippen LogP contribution >= 0.6 is 23.2 Å². The molecule has 2 aromatic rings. The van der Waals surface area contributed by atoms with E-state index >= 15 is 0 Å². The molecule has 6 heteroatoms. The molecule has 0 aromatic heterocycles. The predicted octanol–water partition coefficient (Wildman–Crippen LogP) is 4.09. The van der Waals surface area contributed by atoms with Gasteiger partial charge in [0.25, 0.3) is 5.91 Å². The third-order valence-corrected chi connectivity index (χ3v) is 4.53. The molecule has 3 rings (SSSR count). The van der Waals surface area contributed by atoms with Crippen molar-refractivity contribution < 1.29 is 9.18 Å². The van der Waals surface area contributed by atoms with Gasteiger partial charge in [0.1, 0.15) is 5.82 Å². The van der Waals surface area contributed by atoms with Gasteiger partial charge < -0.3 is 9.80 Å². The van der Waals surface area contributed by atoms with E-state index in [1.165, 1.54) is 6.07 Å². The van der Waals surface area contributed by atoms with E-state index in [1.807, 2.05) is 30.3 Å². The molecular weight excluding hydrogens is 338 g/mol. The largest absolute Gasteiger partial charge is 0.368 e. The molecule has 0 bridgehead atoms. The second-order valence-corrected chi connectivity index (χ2v) is 6.18. The highest BCUT2D eigenvalue weighted by Gasteiger charge is 2.24. The number of anilines is 1. The molecule has 1 amide bonds. The zero-order valence-corrected chi connectivity index (χ0v) is 13.8. The van der Waals surface area contributed by atoms with Gasteiger partial charge in [-0.15, -0.1) is 0 Å². The number of hydrogen-bond donors (Lipinski definition) is 0. The van der Waals surface area contributed by atoms with E-state index in [-0.39, 0.29) is 21.5 Å². The van der Waals surface area contributed by atoms with Gasteiger partial charge in [0.2, 0.25) is 0 Å². The Kier molecular flexibility index (Phi) is 4.74. The van der Waals surface area contributed by atoms with Crippen LogP contribution in [0.4, 0.5) is 10.1 Å². The third-order valence-electron chi connectivity index (χ3n) is 3.93. The fraction of sp³-hybridized carbons (Fsp3) is 0.235. The smallest absolute Gasteiger partial charge is 0.255 e. The number of piperazine rings is 1. The molecule has 2 aromatic carbocycles. The molecule has 0 unspecified atom stereocenters. The molecule has 0 radical (unpaired) electrons. The molecule has 1 fully saturated rings. The summed E-state index contributed by atoms with van der Waals surface area (Å²) < 4.78 is 13.6. The molecule has 0 aliphatic carbocycles. The summed E-state index contributed by atoms with van der Waals surface area (Å²) in [5.41, 5.74) is 1.29. The van der Waals surface area contributed by atoms with E-state index in [4.69, 9.17) is 23.2 Å². The van der Waals surface area contributed by atoms with E-state index in [1.54, 1.807) is 4.90 Å². The van der Waals surface area contributed by atoms with Crippen LogP contribution in [0.15, 0.2) is 42.5 Å². The maximum absolute atomic E-state index is 13.6. The quantitative estimate of drug-likeness (QED) is 0.759. The normalized spacial score (nSPS) is 14.9. The van der Waals surface area contributed by atoms with Crippen LogP contribution < -0.4 is 4.90 Å². The topological polar surface area (TPSA) is 23.6 Å². The summed E-state index contributed by atoms with van der Waals surface area (Å²) in [4.78, 5) is 16.4. The first kappa shape index (κ1) is 16.1. The van der Waals surface area contributed by atoms with Crippen LogP contribution in [0.3, 0.4) is 0 Å². The van der Waals surface area contributed by atoms with Crippen LogP contribution in [0.5, 0.6) is 0 Å². The molecule has 1 heterocycles. The monoisotopic (exact) mass is 352 g/mol. The van der Waals surface area contributed by atoms with Crippen molar-refractivity contribution in [2.24, 2.45) is 0 Å². The van der Waals surface area contributed by atoms with E-state index in [9.17, 15) is 9.18 Å². The summed E-state index contributed by atoms with van der Waals surface area (Å²) in [6.07, 6.45) is 0. The number of nitrogens with zero attached hydrogens (tertiary/aromatic N) is 2. The van der Waals surface area contributed by atoms with Gasteiger partial charge in [-0.05, 0) is 24.3 Å². The molecule has 1 aliphatic heterocycles. The minimum atomic E-state index is -0.637. The van der Waals surface area contributed by atoms with Crippen molar-refractivity contribution in [3.63, 3.8) is 0 Å². The highest BCUT2D eigenvalue weighted by molar-refractivity contribution is 6.36. The van der Waals surface area contributed by atoms with Gasteiger partial charge in [-0.2, -0.15) is 0 Å². The van der Waals surface area contributed by atoms with Gasteiger partial charge >= 0.3 is 0 Å². The molecule has 1 saturated heterocycles. The Morgan fingerprint density at radius 3 is 2.26 bits per heavy atom. The van der Waals surface area contributed by atoms with Crippen LogP contribution in [0.1, 0.15) is 10.4 Å². The van der Waals surface area contributed by atoms with E-state index < -0.39 is 5.82 Å². The lowest BCUT2D eigenvalue weighted by atomic mass is 10.1. The second kappa shape index (κ2) is 6.77. The lowest BCUT2D eigenvalue weighted by Crippen LogP contribution is -2.48. The third kappa shape index (κ3) is 3.43. The fourth-order valence-corrected chi connectivity index (χ4v) is 3.13. The number of rotatable bonds is 2. The van der Waals surface area contributed by atoms with Crippen LogP contribution in [0.2, 0.25) is 10.0 Å². The molecular formula is C17H15Cl2FN2O. The van der Waals surface area contributed by atoms with Gasteiger partial charge in [-0.1, -0.05) is 41.4 Å². The highest BCUT2D eigenvalue weighted by Crippen LogP contribution is 2.26. The van der Waals surface area contributed by atoms with Crippen LogP contribution in [-0.4, -0.2) is 37.0 Å². The van der Waals surface area contributed by atoms with Gasteiger partial charge in [-0.25, -0.2) is 4.39 Å². The first-order valence-corrected chi connectivity index (χ1v) is 8.05. The number of carbonyl (C=O) groups excluding carboxylic acids is 1. The Bertz CT molecular complexity index is 716. The van der Waals surface area contributed by atoms with E-state index in [2.05, 4.69) is 4.90 Å². The Morgan fingerprint density at radius 1 is 0.957 bits per heavy atom. The Morgan fingerprint density at radius 2 is 1.61 bits per heavy atom. The summed E-state index contributed by atoms with van der Waals surface area (Å²) in [5.74, 6) is -0.902. The first-order valence-electron chi connectivity index (χ1n) is 7.30. The SMILES string of the molecule is O=C(c1cc(F)c(Cl)cc1Cl)N1CCN(c2ccccc2)CC1. The number of amides is 1. The maximum atomic E-state index is 13.6. The van der Waals surface area contributed by atoms with Crippen molar-refractivity contribution >= 4 is 34.8 Å². The average Bonchev–Trinajstić information content (AvgIpc) is 2.58. The minimum absolute atomic E-state index is 0.0829. The summed E-state index contributed by atoms with van der Waals surface area (Å²) in [6.45, 7) is 2.58. The zero-order chi connectivity index (χ0) is 16.4. The molecule has 3 nitrogen and oxygen atoms in total. The average molecular weight is 353 g/mol. The number of carbonyl (C=O) groups is 1. The Labute approximate surface area is 144 Å². The summed E-state index contributed by atoms with van der Waals surface area (Å²) >= 11 is 11.7.